The summed E-state index contributed by atoms with van der Waals surface area (Å²) in [6.45, 7) is -0.552. The summed E-state index contributed by atoms with van der Waals surface area (Å²) in [5.74, 6) is -0.293. The van der Waals surface area contributed by atoms with Gasteiger partial charge in [-0.15, -0.1) is 0 Å². The fourth-order valence-corrected chi connectivity index (χ4v) is 1.24. The van der Waals surface area contributed by atoms with Crippen molar-refractivity contribution in [1.82, 2.24) is 5.48 Å². The summed E-state index contributed by atoms with van der Waals surface area (Å²) in [6, 6.07) is -0.789. The van der Waals surface area contributed by atoms with Crippen molar-refractivity contribution in [2.45, 2.75) is 18.6 Å². The lowest BCUT2D eigenvalue weighted by molar-refractivity contribution is -0.145. The zero-order chi connectivity index (χ0) is 11.7. The highest BCUT2D eigenvalue weighted by molar-refractivity contribution is 7.98. The fraction of sp³-hybridized carbons (Fsp3) is 0.875. The second-order valence-electron chi connectivity index (χ2n) is 2.94. The van der Waals surface area contributed by atoms with Crippen LogP contribution in [-0.4, -0.2) is 58.7 Å². The van der Waals surface area contributed by atoms with Gasteiger partial charge in [-0.3, -0.25) is 9.63 Å². The first-order chi connectivity index (χ1) is 7.11. The largest absolute Gasteiger partial charge is 0.480 e. The molecule has 0 aromatic heterocycles. The number of nitrogens with one attached hydrogen (secondary N) is 1. The van der Waals surface area contributed by atoms with Crippen molar-refractivity contribution in [3.05, 3.63) is 0 Å². The summed E-state index contributed by atoms with van der Waals surface area (Å²) < 4.78 is 0. The third-order valence-electron chi connectivity index (χ3n) is 1.62. The van der Waals surface area contributed by atoms with Crippen molar-refractivity contribution in [3.63, 3.8) is 0 Å². The summed E-state index contributed by atoms with van der Waals surface area (Å²) >= 11 is 1.54. The maximum absolute atomic E-state index is 10.7. The van der Waals surface area contributed by atoms with Crippen LogP contribution < -0.4 is 5.48 Å². The van der Waals surface area contributed by atoms with Crippen LogP contribution in [0.1, 0.15) is 6.42 Å². The molecular weight excluding hydrogens is 222 g/mol. The maximum Gasteiger partial charge on any atom is 0.323 e. The van der Waals surface area contributed by atoms with Crippen molar-refractivity contribution in [3.8, 4) is 0 Å². The SMILES string of the molecule is CSCC[C@H](NOCC(O)CO)C(=O)O. The van der Waals surface area contributed by atoms with Gasteiger partial charge in [-0.2, -0.15) is 17.2 Å². The molecule has 0 fully saturated rings. The third-order valence-corrected chi connectivity index (χ3v) is 2.26. The molecule has 0 spiro atoms. The van der Waals surface area contributed by atoms with E-state index in [-0.39, 0.29) is 6.61 Å². The Morgan fingerprint density at radius 2 is 2.27 bits per heavy atom. The molecule has 0 aliphatic rings. The van der Waals surface area contributed by atoms with Gasteiger partial charge in [0.1, 0.15) is 12.1 Å². The Morgan fingerprint density at radius 1 is 1.60 bits per heavy atom. The lowest BCUT2D eigenvalue weighted by Crippen LogP contribution is -2.39. The minimum Gasteiger partial charge on any atom is -0.480 e. The van der Waals surface area contributed by atoms with Gasteiger partial charge in [0.2, 0.25) is 0 Å². The number of hydrogen-bond acceptors (Lipinski definition) is 6. The molecular formula is C8H17NO5S. The first-order valence-corrected chi connectivity index (χ1v) is 5.89. The molecule has 0 saturated carbocycles. The zero-order valence-corrected chi connectivity index (χ0v) is 9.37. The predicted octanol–water partition coefficient (Wildman–Crippen LogP) is -0.933. The van der Waals surface area contributed by atoms with E-state index in [1.165, 1.54) is 0 Å². The van der Waals surface area contributed by atoms with Crippen LogP contribution in [0.3, 0.4) is 0 Å². The topological polar surface area (TPSA) is 99.0 Å². The van der Waals surface area contributed by atoms with E-state index in [1.54, 1.807) is 11.8 Å². The Hall–Kier alpha value is -0.340. The maximum atomic E-state index is 10.7. The van der Waals surface area contributed by atoms with E-state index in [0.717, 1.165) is 0 Å². The number of rotatable bonds is 9. The molecule has 15 heavy (non-hydrogen) atoms. The molecule has 2 atom stereocenters. The lowest BCUT2D eigenvalue weighted by Gasteiger charge is -2.14. The number of thioether (sulfide) groups is 1. The normalized spacial score (nSPS) is 14.9. The van der Waals surface area contributed by atoms with Crippen LogP contribution >= 0.6 is 11.8 Å². The van der Waals surface area contributed by atoms with Gasteiger partial charge in [-0.05, 0) is 18.4 Å². The number of aliphatic hydroxyl groups is 2. The number of carbonyl (C=O) groups is 1. The van der Waals surface area contributed by atoms with Crippen LogP contribution in [0.15, 0.2) is 0 Å². The molecule has 0 heterocycles. The van der Waals surface area contributed by atoms with Crippen LogP contribution in [-0.2, 0) is 9.63 Å². The predicted molar refractivity (Wildman–Crippen MR) is 56.6 cm³/mol. The third kappa shape index (κ3) is 7.57. The molecule has 7 heteroatoms. The van der Waals surface area contributed by atoms with E-state index < -0.39 is 24.7 Å². The zero-order valence-electron chi connectivity index (χ0n) is 8.55. The Morgan fingerprint density at radius 3 is 2.73 bits per heavy atom. The van der Waals surface area contributed by atoms with Crippen molar-refractivity contribution in [2.24, 2.45) is 0 Å². The molecule has 90 valence electrons. The Kier molecular flexibility index (Phi) is 8.73. The van der Waals surface area contributed by atoms with Crippen LogP contribution in [0.2, 0.25) is 0 Å². The Balaban J connectivity index is 3.71. The van der Waals surface area contributed by atoms with Gasteiger partial charge in [0.05, 0.1) is 13.2 Å². The smallest absolute Gasteiger partial charge is 0.323 e. The molecule has 4 N–H and O–H groups in total. The molecule has 0 aliphatic heterocycles. The van der Waals surface area contributed by atoms with E-state index in [4.69, 9.17) is 20.2 Å². The van der Waals surface area contributed by atoms with E-state index >= 15 is 0 Å². The van der Waals surface area contributed by atoms with Crippen LogP contribution in [0.5, 0.6) is 0 Å². The van der Waals surface area contributed by atoms with Crippen molar-refractivity contribution in [2.75, 3.05) is 25.2 Å². The van der Waals surface area contributed by atoms with Crippen LogP contribution in [0, 0.1) is 0 Å². The molecule has 1 unspecified atom stereocenters. The monoisotopic (exact) mass is 239 g/mol. The fourth-order valence-electron chi connectivity index (χ4n) is 0.766. The Bertz CT molecular complexity index is 180. The van der Waals surface area contributed by atoms with Gasteiger partial charge >= 0.3 is 5.97 Å². The average molecular weight is 239 g/mol. The first-order valence-electron chi connectivity index (χ1n) is 4.49. The molecule has 0 saturated heterocycles. The summed E-state index contributed by atoms with van der Waals surface area (Å²) in [7, 11) is 0. The first kappa shape index (κ1) is 14.7. The highest BCUT2D eigenvalue weighted by atomic mass is 32.2. The van der Waals surface area contributed by atoms with Gasteiger partial charge in [0, 0.05) is 0 Å². The number of hydroxylamine groups is 1. The van der Waals surface area contributed by atoms with E-state index in [9.17, 15) is 4.79 Å². The quantitative estimate of drug-likeness (QED) is 0.386. The number of aliphatic carboxylic acids is 1. The average Bonchev–Trinajstić information content (AvgIpc) is 2.22. The molecule has 0 aliphatic carbocycles. The number of hydrogen-bond donors (Lipinski definition) is 4. The van der Waals surface area contributed by atoms with E-state index in [2.05, 4.69) is 5.48 Å². The number of carboxylic acids is 1. The highest BCUT2D eigenvalue weighted by Gasteiger charge is 2.16. The van der Waals surface area contributed by atoms with E-state index in [0.29, 0.717) is 12.2 Å². The molecule has 0 aromatic carbocycles. The molecule has 6 nitrogen and oxygen atoms in total. The van der Waals surface area contributed by atoms with Gasteiger partial charge in [-0.25, -0.2) is 0 Å². The lowest BCUT2D eigenvalue weighted by atomic mass is 10.2. The van der Waals surface area contributed by atoms with Crippen molar-refractivity contribution < 1.29 is 25.0 Å². The number of aliphatic hydroxyl groups excluding tert-OH is 2. The summed E-state index contributed by atoms with van der Waals surface area (Å²) in [5, 5.41) is 26.2. The van der Waals surface area contributed by atoms with Gasteiger partial charge in [0.15, 0.2) is 0 Å². The van der Waals surface area contributed by atoms with Gasteiger partial charge in [-0.1, -0.05) is 0 Å². The minimum absolute atomic E-state index is 0.139. The van der Waals surface area contributed by atoms with Crippen LogP contribution in [0.4, 0.5) is 0 Å². The minimum atomic E-state index is -0.998. The molecule has 0 amide bonds. The second kappa shape index (κ2) is 8.93. The molecule has 0 aromatic rings. The number of carboxylic acid groups (broad SMARTS) is 1. The Labute approximate surface area is 92.6 Å². The van der Waals surface area contributed by atoms with Gasteiger partial charge in [0.25, 0.3) is 0 Å². The second-order valence-corrected chi connectivity index (χ2v) is 3.92. The van der Waals surface area contributed by atoms with Gasteiger partial charge < -0.3 is 15.3 Å². The standard InChI is InChI=1S/C8H17NO5S/c1-15-3-2-7(8(12)13)9-14-5-6(11)4-10/h6-7,9-11H,2-5H2,1H3,(H,12,13)/t6?,7-/m0/s1. The molecule has 0 rings (SSSR count). The molecule has 0 radical (unpaired) electrons. The summed E-state index contributed by atoms with van der Waals surface area (Å²) in [5.41, 5.74) is 2.34. The summed E-state index contributed by atoms with van der Waals surface area (Å²) in [6.07, 6.45) is 1.33. The van der Waals surface area contributed by atoms with E-state index in [1.807, 2.05) is 6.26 Å². The van der Waals surface area contributed by atoms with Crippen LogP contribution in [0.25, 0.3) is 0 Å². The van der Waals surface area contributed by atoms with Crippen molar-refractivity contribution in [1.29, 1.82) is 0 Å². The highest BCUT2D eigenvalue weighted by Crippen LogP contribution is 2.01. The summed E-state index contributed by atoms with van der Waals surface area (Å²) in [4.78, 5) is 15.4. The molecule has 0 bridgehead atoms. The van der Waals surface area contributed by atoms with Crippen molar-refractivity contribution >= 4 is 17.7 Å².